The van der Waals surface area contributed by atoms with E-state index in [0.29, 0.717) is 87.1 Å². The van der Waals surface area contributed by atoms with Crippen molar-refractivity contribution in [2.75, 3.05) is 57.1 Å². The summed E-state index contributed by atoms with van der Waals surface area (Å²) in [5.41, 5.74) is 15.9. The Labute approximate surface area is 397 Å². The Balaban J connectivity index is 1.09. The highest BCUT2D eigenvalue weighted by atomic mass is 32.1. The second-order valence-corrected chi connectivity index (χ2v) is 18.3. The van der Waals surface area contributed by atoms with Gasteiger partial charge in [-0.3, -0.25) is 39.4 Å². The molecule has 0 spiro atoms. The van der Waals surface area contributed by atoms with Gasteiger partial charge < -0.3 is 40.1 Å². The zero-order chi connectivity index (χ0) is 48.2. The van der Waals surface area contributed by atoms with Gasteiger partial charge in [0, 0.05) is 69.4 Å². The molecule has 68 heavy (non-hydrogen) atoms. The minimum atomic E-state index is -1.32. The predicted octanol–water partition coefficient (Wildman–Crippen LogP) is 4.77. The van der Waals surface area contributed by atoms with E-state index >= 15 is 0 Å². The number of nitrogens with zero attached hydrogens (tertiary/aromatic N) is 9. The number of hydrogen-bond acceptors (Lipinski definition) is 14. The van der Waals surface area contributed by atoms with Gasteiger partial charge in [-0.05, 0) is 76.8 Å². The molecule has 4 amide bonds. The van der Waals surface area contributed by atoms with Crippen molar-refractivity contribution in [3.8, 4) is 11.5 Å². The van der Waals surface area contributed by atoms with Gasteiger partial charge in [-0.25, -0.2) is 15.0 Å². The third kappa shape index (κ3) is 10.1. The fourth-order valence-corrected chi connectivity index (χ4v) is 9.62. The van der Waals surface area contributed by atoms with Crippen molar-refractivity contribution in [2.45, 2.75) is 85.7 Å². The number of hydrogen-bond donors (Lipinski definition) is 5. The summed E-state index contributed by atoms with van der Waals surface area (Å²) < 4.78 is 17.4. The molecule has 2 aliphatic rings. The zero-order valence-electron chi connectivity index (χ0n) is 39.1. The number of aryl methyl sites for hydroxylation is 4. The fraction of sp³-hybridized carbons (Fsp3) is 0.447. The van der Waals surface area contributed by atoms with Crippen molar-refractivity contribution in [1.29, 1.82) is 0 Å². The number of benzene rings is 2. The average molecular weight is 950 g/mol. The van der Waals surface area contributed by atoms with E-state index in [4.69, 9.17) is 30.9 Å². The number of primary amides is 1. The molecule has 1 unspecified atom stereocenters. The lowest BCUT2D eigenvalue weighted by Gasteiger charge is -2.38. The highest BCUT2D eigenvalue weighted by molar-refractivity contribution is 7.13. The SMILES string of the molecule is CCc1nc(C)sc1C(=O)Nc1nc2cc(C(N)O)cc(OCCCN3CCN(C(=O)C4CCC4)CC3)c2n1C/C=C/Cn1c(NC(=O)c2cc(C)nn2CC)nc2cc(C(N)=O)cc(OC)c21. The van der Waals surface area contributed by atoms with Crippen LogP contribution in [0.3, 0.4) is 0 Å². The molecule has 0 bridgehead atoms. The molecule has 1 saturated carbocycles. The highest BCUT2D eigenvalue weighted by Crippen LogP contribution is 2.35. The normalized spacial score (nSPS) is 15.0. The average Bonchev–Trinajstić information content (AvgIpc) is 4.07. The number of piperazine rings is 1. The molecule has 8 rings (SSSR count). The van der Waals surface area contributed by atoms with Crippen molar-refractivity contribution in [2.24, 2.45) is 17.4 Å². The second-order valence-electron chi connectivity index (χ2n) is 17.1. The van der Waals surface area contributed by atoms with Gasteiger partial charge in [0.05, 0.1) is 41.1 Å². The van der Waals surface area contributed by atoms with Gasteiger partial charge in [0.15, 0.2) is 0 Å². The standard InChI is InChI=1S/C47H59N13O7S/c1-6-32-40(68-28(4)50-32)44(64)54-47-52-34-24-31(42(49)62)26-37(67-21-11-14-56-17-19-57(20-18-56)45(65)29-12-10-13-29)39(34)59(47)16-9-8-15-58-38-33(23-30(41(48)61)25-36(38)66-5)51-46(58)53-43(63)35-22-27(3)55-60(35)7-2/h8-9,22-26,29,42,62H,6-7,10-21,49H2,1-5H3,(H2,48,61)(H,51,53,63)(H,52,54,64)/b9-8+. The van der Waals surface area contributed by atoms with E-state index < -0.39 is 18.0 Å². The van der Waals surface area contributed by atoms with Crippen LogP contribution in [0.5, 0.6) is 11.5 Å². The molecule has 21 heteroatoms. The molecule has 1 aliphatic heterocycles. The maximum atomic E-state index is 14.0. The molecule has 0 radical (unpaired) electrons. The topological polar surface area (TPSA) is 256 Å². The molecule has 1 saturated heterocycles. The van der Waals surface area contributed by atoms with Gasteiger partial charge in [-0.15, -0.1) is 11.3 Å². The lowest BCUT2D eigenvalue weighted by molar-refractivity contribution is -0.140. The van der Waals surface area contributed by atoms with Crippen LogP contribution in [-0.2, 0) is 30.8 Å². The van der Waals surface area contributed by atoms with E-state index in [1.807, 2.05) is 49.3 Å². The Kier molecular flexibility index (Phi) is 14.5. The molecule has 2 aromatic carbocycles. The first-order valence-corrected chi connectivity index (χ1v) is 23.9. The molecule has 6 aromatic rings. The molecule has 360 valence electrons. The van der Waals surface area contributed by atoms with Crippen LogP contribution < -0.4 is 31.6 Å². The number of aromatic nitrogens is 7. The van der Waals surface area contributed by atoms with Crippen LogP contribution in [-0.4, -0.2) is 119 Å². The quantitative estimate of drug-likeness (QED) is 0.0417. The first kappa shape index (κ1) is 47.8. The number of allylic oxidation sites excluding steroid dienone is 2. The summed E-state index contributed by atoms with van der Waals surface area (Å²) in [7, 11) is 1.47. The van der Waals surface area contributed by atoms with Crippen molar-refractivity contribution in [1.82, 2.24) is 43.7 Å². The van der Waals surface area contributed by atoms with Crippen LogP contribution in [0.15, 0.2) is 42.5 Å². The van der Waals surface area contributed by atoms with Crippen molar-refractivity contribution in [3.63, 3.8) is 0 Å². The number of carbonyl (C=O) groups excluding carboxylic acids is 4. The monoisotopic (exact) mass is 949 g/mol. The highest BCUT2D eigenvalue weighted by Gasteiger charge is 2.31. The summed E-state index contributed by atoms with van der Waals surface area (Å²) in [5.74, 6) is 0.190. The maximum absolute atomic E-state index is 14.0. The first-order chi connectivity index (χ1) is 32.8. The third-order valence-corrected chi connectivity index (χ3v) is 13.5. The van der Waals surface area contributed by atoms with Gasteiger partial charge in [0.25, 0.3) is 11.8 Å². The van der Waals surface area contributed by atoms with Crippen molar-refractivity contribution >= 4 is 68.9 Å². The largest absolute Gasteiger partial charge is 0.494 e. The first-order valence-electron chi connectivity index (χ1n) is 23.0. The smallest absolute Gasteiger partial charge is 0.276 e. The number of methoxy groups -OCH3 is 1. The number of thiazole rings is 1. The number of carbonyl (C=O) groups is 4. The number of anilines is 2. The number of aliphatic hydroxyl groups is 1. The summed E-state index contributed by atoms with van der Waals surface area (Å²) in [4.78, 5) is 71.8. The number of imidazole rings is 2. The van der Waals surface area contributed by atoms with Gasteiger partial charge >= 0.3 is 0 Å². The second kappa shape index (κ2) is 20.7. The van der Waals surface area contributed by atoms with Gasteiger partial charge in [0.2, 0.25) is 23.7 Å². The molecular weight excluding hydrogens is 891 g/mol. The number of fused-ring (bicyclic) bond motifs is 2. The Morgan fingerprint density at radius 2 is 1.56 bits per heavy atom. The summed E-state index contributed by atoms with van der Waals surface area (Å²) in [5, 5.41) is 21.7. The Morgan fingerprint density at radius 1 is 0.897 bits per heavy atom. The van der Waals surface area contributed by atoms with Crippen molar-refractivity contribution < 1.29 is 33.8 Å². The molecule has 5 heterocycles. The van der Waals surface area contributed by atoms with E-state index in [1.54, 1.807) is 33.5 Å². The van der Waals surface area contributed by atoms with Crippen LogP contribution in [0.4, 0.5) is 11.9 Å². The summed E-state index contributed by atoms with van der Waals surface area (Å²) in [6.07, 6.45) is 6.82. The zero-order valence-corrected chi connectivity index (χ0v) is 39.9. The molecule has 20 nitrogen and oxygen atoms in total. The van der Waals surface area contributed by atoms with Crippen LogP contribution in [0.25, 0.3) is 22.1 Å². The molecule has 7 N–H and O–H groups in total. The van der Waals surface area contributed by atoms with E-state index in [-0.39, 0.29) is 48.3 Å². The van der Waals surface area contributed by atoms with Gasteiger partial charge in [-0.1, -0.05) is 25.5 Å². The minimum Gasteiger partial charge on any atom is -0.494 e. The predicted molar refractivity (Wildman–Crippen MR) is 258 cm³/mol. The minimum absolute atomic E-state index is 0.175. The summed E-state index contributed by atoms with van der Waals surface area (Å²) in [6, 6.07) is 8.14. The van der Waals surface area contributed by atoms with E-state index in [9.17, 15) is 24.3 Å². The fourth-order valence-electron chi connectivity index (χ4n) is 8.72. The number of nitrogens with one attached hydrogen (secondary N) is 2. The molecule has 1 atom stereocenters. The number of rotatable bonds is 19. The lowest BCUT2D eigenvalue weighted by Crippen LogP contribution is -2.51. The Hall–Kier alpha value is -6.68. The van der Waals surface area contributed by atoms with Crippen molar-refractivity contribution in [3.05, 3.63) is 80.6 Å². The van der Waals surface area contributed by atoms with E-state index in [1.165, 1.54) is 24.5 Å². The molecule has 4 aromatic heterocycles. The maximum Gasteiger partial charge on any atom is 0.276 e. The molecular formula is C47H59N13O7S. The molecule has 1 aliphatic carbocycles. The van der Waals surface area contributed by atoms with E-state index in [2.05, 4.69) is 25.6 Å². The van der Waals surface area contributed by atoms with Gasteiger partial charge in [0.1, 0.15) is 39.3 Å². The summed E-state index contributed by atoms with van der Waals surface area (Å²) >= 11 is 1.30. The number of amides is 4. The summed E-state index contributed by atoms with van der Waals surface area (Å²) in [6.45, 7) is 12.5. The van der Waals surface area contributed by atoms with Crippen LogP contribution in [0.2, 0.25) is 0 Å². The lowest BCUT2D eigenvalue weighted by atomic mass is 9.84. The number of nitrogens with two attached hydrogens (primary N) is 2. The van der Waals surface area contributed by atoms with Crippen LogP contribution in [0, 0.1) is 19.8 Å². The Bertz CT molecular complexity index is 2880. The third-order valence-electron chi connectivity index (χ3n) is 12.5. The number of aliphatic hydroxyl groups excluding tert-OH is 1. The van der Waals surface area contributed by atoms with Crippen LogP contribution in [0.1, 0.15) is 98.2 Å². The van der Waals surface area contributed by atoms with Crippen LogP contribution >= 0.6 is 11.3 Å². The van der Waals surface area contributed by atoms with Gasteiger partial charge in [-0.2, -0.15) is 5.10 Å². The Morgan fingerprint density at radius 3 is 2.16 bits per heavy atom. The number of ether oxygens (including phenoxy) is 2. The molecule has 2 fully saturated rings. The van der Waals surface area contributed by atoms with E-state index in [0.717, 1.165) is 57.0 Å².